The minimum atomic E-state index is -0.0528. The van der Waals surface area contributed by atoms with Crippen molar-refractivity contribution in [1.29, 1.82) is 0 Å². The molecule has 116 valence electrons. The summed E-state index contributed by atoms with van der Waals surface area (Å²) in [6, 6.07) is 6.21. The summed E-state index contributed by atoms with van der Waals surface area (Å²) in [5.41, 5.74) is 4.13. The van der Waals surface area contributed by atoms with Crippen molar-refractivity contribution >= 4 is 33.2 Å². The lowest BCUT2D eigenvalue weighted by Gasteiger charge is -2.42. The van der Waals surface area contributed by atoms with Crippen molar-refractivity contribution in [3.8, 4) is 0 Å². The number of benzene rings is 1. The van der Waals surface area contributed by atoms with Gasteiger partial charge in [0.25, 0.3) is 0 Å². The van der Waals surface area contributed by atoms with Gasteiger partial charge in [-0.2, -0.15) is 0 Å². The Hall–Kier alpha value is -1.66. The molecule has 0 saturated carbocycles. The van der Waals surface area contributed by atoms with Crippen LogP contribution < -0.4 is 10.2 Å². The number of ether oxygens (including phenoxy) is 1. The van der Waals surface area contributed by atoms with Crippen LogP contribution in [0, 0.1) is 11.3 Å². The fraction of sp³-hybridized carbons (Fsp3) is 0.500. The zero-order valence-corrected chi connectivity index (χ0v) is 13.4. The summed E-state index contributed by atoms with van der Waals surface area (Å²) in [6.07, 6.45) is 0. The molecule has 1 aromatic heterocycles. The second kappa shape index (κ2) is 5.21. The molecule has 22 heavy (non-hydrogen) atoms. The van der Waals surface area contributed by atoms with Crippen molar-refractivity contribution < 1.29 is 9.53 Å². The van der Waals surface area contributed by atoms with Crippen molar-refractivity contribution in [2.24, 2.45) is 11.3 Å². The molecule has 1 N–H and O–H groups in total. The number of thiazole rings is 1. The van der Waals surface area contributed by atoms with Gasteiger partial charge in [-0.3, -0.25) is 4.79 Å². The molecule has 2 aliphatic rings. The largest absolute Gasteiger partial charge is 0.466 e. The first kappa shape index (κ1) is 14.0. The lowest BCUT2D eigenvalue weighted by molar-refractivity contribution is -0.152. The van der Waals surface area contributed by atoms with E-state index in [0.717, 1.165) is 31.7 Å². The van der Waals surface area contributed by atoms with Crippen LogP contribution >= 0.6 is 11.3 Å². The van der Waals surface area contributed by atoms with Crippen LogP contribution in [-0.4, -0.2) is 43.7 Å². The van der Waals surface area contributed by atoms with Crippen LogP contribution in [0.3, 0.4) is 0 Å². The number of anilines is 1. The highest BCUT2D eigenvalue weighted by Gasteiger charge is 2.54. The smallest absolute Gasteiger partial charge is 0.311 e. The number of nitrogens with one attached hydrogen (secondary N) is 1. The van der Waals surface area contributed by atoms with Gasteiger partial charge in [0.05, 0.1) is 33.9 Å². The molecule has 1 unspecified atom stereocenters. The summed E-state index contributed by atoms with van der Waals surface area (Å²) in [7, 11) is 0. The summed E-state index contributed by atoms with van der Waals surface area (Å²) < 4.78 is 6.51. The van der Waals surface area contributed by atoms with E-state index >= 15 is 0 Å². The van der Waals surface area contributed by atoms with E-state index in [1.54, 1.807) is 11.3 Å². The Bertz CT molecular complexity index is 710. The topological polar surface area (TPSA) is 54.5 Å². The molecule has 4 rings (SSSR count). The van der Waals surface area contributed by atoms with Gasteiger partial charge >= 0.3 is 5.97 Å². The van der Waals surface area contributed by atoms with Gasteiger partial charge < -0.3 is 15.0 Å². The van der Waals surface area contributed by atoms with E-state index in [-0.39, 0.29) is 17.3 Å². The maximum absolute atomic E-state index is 12.4. The van der Waals surface area contributed by atoms with Crippen molar-refractivity contribution in [2.45, 2.75) is 6.92 Å². The minimum absolute atomic E-state index is 0.0269. The second-order valence-electron chi connectivity index (χ2n) is 6.13. The van der Waals surface area contributed by atoms with Crippen LogP contribution in [0.4, 0.5) is 5.69 Å². The summed E-state index contributed by atoms with van der Waals surface area (Å²) in [4.78, 5) is 19.1. The Morgan fingerprint density at radius 3 is 3.14 bits per heavy atom. The molecule has 0 radical (unpaired) electrons. The van der Waals surface area contributed by atoms with Crippen LogP contribution in [0.1, 0.15) is 6.92 Å². The third-order valence-corrected chi connectivity index (χ3v) is 5.71. The summed E-state index contributed by atoms with van der Waals surface area (Å²) in [6.45, 7) is 5.74. The number of fused-ring (bicyclic) bond motifs is 1. The average molecular weight is 317 g/mol. The van der Waals surface area contributed by atoms with Crippen molar-refractivity contribution in [2.75, 3.05) is 37.7 Å². The predicted molar refractivity (Wildman–Crippen MR) is 87.3 cm³/mol. The average Bonchev–Trinajstić information content (AvgIpc) is 3.11. The first-order valence-corrected chi connectivity index (χ1v) is 8.56. The lowest BCUT2D eigenvalue weighted by Crippen LogP contribution is -2.59. The lowest BCUT2D eigenvalue weighted by atomic mass is 9.73. The molecule has 2 saturated heterocycles. The van der Waals surface area contributed by atoms with E-state index in [1.165, 1.54) is 10.4 Å². The molecule has 2 fully saturated rings. The third kappa shape index (κ3) is 2.01. The van der Waals surface area contributed by atoms with Crippen LogP contribution in [-0.2, 0) is 9.53 Å². The fourth-order valence-corrected chi connectivity index (χ4v) is 4.48. The van der Waals surface area contributed by atoms with Gasteiger partial charge in [0.2, 0.25) is 0 Å². The molecule has 1 spiro atoms. The Labute approximate surface area is 133 Å². The van der Waals surface area contributed by atoms with Crippen molar-refractivity contribution in [1.82, 2.24) is 10.3 Å². The van der Waals surface area contributed by atoms with E-state index in [4.69, 9.17) is 4.74 Å². The van der Waals surface area contributed by atoms with E-state index in [2.05, 4.69) is 21.3 Å². The Morgan fingerprint density at radius 2 is 2.41 bits per heavy atom. The highest BCUT2D eigenvalue weighted by Crippen LogP contribution is 2.43. The van der Waals surface area contributed by atoms with Gasteiger partial charge in [-0.15, -0.1) is 11.3 Å². The number of nitrogens with zero attached hydrogens (tertiary/aromatic N) is 2. The highest BCUT2D eigenvalue weighted by atomic mass is 32.1. The Morgan fingerprint density at radius 1 is 1.55 bits per heavy atom. The molecule has 0 aliphatic carbocycles. The zero-order valence-electron chi connectivity index (χ0n) is 12.5. The number of hydrogen-bond donors (Lipinski definition) is 1. The SMILES string of the molecule is CCOC(=O)C1CN(c2cccc3ncsc23)CC12CNC2. The number of hydrogen-bond acceptors (Lipinski definition) is 6. The summed E-state index contributed by atoms with van der Waals surface area (Å²) in [5.74, 6) is -0.0974. The monoisotopic (exact) mass is 317 g/mol. The van der Waals surface area contributed by atoms with Gasteiger partial charge in [-0.25, -0.2) is 4.98 Å². The first-order valence-electron chi connectivity index (χ1n) is 7.68. The highest BCUT2D eigenvalue weighted by molar-refractivity contribution is 7.17. The number of rotatable bonds is 3. The molecule has 6 heteroatoms. The van der Waals surface area contributed by atoms with E-state index in [1.807, 2.05) is 24.6 Å². The van der Waals surface area contributed by atoms with E-state index in [0.29, 0.717) is 6.61 Å². The number of esters is 1. The Kier molecular flexibility index (Phi) is 3.31. The van der Waals surface area contributed by atoms with Gasteiger partial charge in [-0.05, 0) is 19.1 Å². The standard InChI is InChI=1S/C16H19N3O2S/c1-2-21-15(20)11-6-19(9-16(11)7-17-8-16)13-5-3-4-12-14(13)22-10-18-12/h3-5,10-11,17H,2,6-9H2,1H3. The van der Waals surface area contributed by atoms with Gasteiger partial charge in [-0.1, -0.05) is 6.07 Å². The maximum atomic E-state index is 12.4. The summed E-state index contributed by atoms with van der Waals surface area (Å²) in [5, 5.41) is 3.33. The molecule has 0 amide bonds. The molecule has 5 nitrogen and oxygen atoms in total. The molecule has 0 bridgehead atoms. The van der Waals surface area contributed by atoms with Crippen LogP contribution in [0.2, 0.25) is 0 Å². The van der Waals surface area contributed by atoms with E-state index < -0.39 is 0 Å². The van der Waals surface area contributed by atoms with Gasteiger partial charge in [0.15, 0.2) is 0 Å². The summed E-state index contributed by atoms with van der Waals surface area (Å²) >= 11 is 1.66. The number of carbonyl (C=O) groups excluding carboxylic acids is 1. The molecule has 2 aliphatic heterocycles. The van der Waals surface area contributed by atoms with Crippen LogP contribution in [0.15, 0.2) is 23.7 Å². The fourth-order valence-electron chi connectivity index (χ4n) is 3.64. The molecular weight excluding hydrogens is 298 g/mol. The van der Waals surface area contributed by atoms with Crippen LogP contribution in [0.25, 0.3) is 10.2 Å². The minimum Gasteiger partial charge on any atom is -0.466 e. The number of aromatic nitrogens is 1. The molecule has 2 aromatic rings. The van der Waals surface area contributed by atoms with Gasteiger partial charge in [0.1, 0.15) is 0 Å². The van der Waals surface area contributed by atoms with Crippen LogP contribution in [0.5, 0.6) is 0 Å². The maximum Gasteiger partial charge on any atom is 0.311 e. The molecule has 1 aromatic carbocycles. The van der Waals surface area contributed by atoms with E-state index in [9.17, 15) is 4.79 Å². The zero-order chi connectivity index (χ0) is 15.2. The van der Waals surface area contributed by atoms with Crippen molar-refractivity contribution in [3.05, 3.63) is 23.7 Å². The number of carbonyl (C=O) groups is 1. The quantitative estimate of drug-likeness (QED) is 0.876. The predicted octanol–water partition coefficient (Wildman–Crippen LogP) is 1.89. The Balaban J connectivity index is 1.67. The molecular formula is C16H19N3O2S. The molecule has 1 atom stereocenters. The van der Waals surface area contributed by atoms with Gasteiger partial charge in [0, 0.05) is 31.6 Å². The first-order chi connectivity index (χ1) is 10.7. The third-order valence-electron chi connectivity index (χ3n) is 4.85. The van der Waals surface area contributed by atoms with Crippen molar-refractivity contribution in [3.63, 3.8) is 0 Å². The second-order valence-corrected chi connectivity index (χ2v) is 6.98. The normalized spacial score (nSPS) is 23.0. The molecule has 3 heterocycles.